The topological polar surface area (TPSA) is 47.6 Å². The number of aryl methyl sites for hydroxylation is 1. The lowest BCUT2D eigenvalue weighted by molar-refractivity contribution is -0.130. The minimum atomic E-state index is -0.300. The standard InChI is InChI=1S/C21H22ClNO3/c1-13-9-15-11-17(12-23-21(24)19-3-2-8-25-19)26-20(15)18(10-13)14-4-6-16(22)7-5-14/h4-7,9-10,17,19H,2-3,8,11-12H2,1H3,(H,23,24)/t17-,19-/m0/s1. The Labute approximate surface area is 158 Å². The molecule has 2 aliphatic heterocycles. The van der Waals surface area contributed by atoms with Crippen LogP contribution in [-0.4, -0.2) is 31.3 Å². The highest BCUT2D eigenvalue weighted by molar-refractivity contribution is 6.30. The van der Waals surface area contributed by atoms with E-state index in [9.17, 15) is 4.79 Å². The van der Waals surface area contributed by atoms with Gasteiger partial charge in [0.15, 0.2) is 0 Å². The van der Waals surface area contributed by atoms with E-state index >= 15 is 0 Å². The van der Waals surface area contributed by atoms with Crippen molar-refractivity contribution >= 4 is 17.5 Å². The molecule has 0 bridgehead atoms. The van der Waals surface area contributed by atoms with Crippen LogP contribution in [0.4, 0.5) is 0 Å². The Kier molecular flexibility index (Phi) is 4.88. The number of hydrogen-bond donors (Lipinski definition) is 1. The molecule has 4 nitrogen and oxygen atoms in total. The second-order valence-corrected chi connectivity index (χ2v) is 7.43. The van der Waals surface area contributed by atoms with E-state index < -0.39 is 0 Å². The van der Waals surface area contributed by atoms with Gasteiger partial charge >= 0.3 is 0 Å². The van der Waals surface area contributed by atoms with Crippen molar-refractivity contribution < 1.29 is 14.3 Å². The molecule has 0 saturated carbocycles. The summed E-state index contributed by atoms with van der Waals surface area (Å²) in [7, 11) is 0. The van der Waals surface area contributed by atoms with E-state index in [4.69, 9.17) is 21.1 Å². The van der Waals surface area contributed by atoms with Crippen LogP contribution in [0.1, 0.15) is 24.0 Å². The van der Waals surface area contributed by atoms with Gasteiger partial charge in [0, 0.05) is 23.6 Å². The van der Waals surface area contributed by atoms with Gasteiger partial charge in [-0.1, -0.05) is 29.8 Å². The highest BCUT2D eigenvalue weighted by Crippen LogP contribution is 2.40. The molecule has 136 valence electrons. The lowest BCUT2D eigenvalue weighted by Crippen LogP contribution is -2.40. The van der Waals surface area contributed by atoms with Crippen LogP contribution in [0, 0.1) is 6.92 Å². The van der Waals surface area contributed by atoms with Crippen LogP contribution >= 0.6 is 11.6 Å². The first-order valence-corrected chi connectivity index (χ1v) is 9.43. The van der Waals surface area contributed by atoms with Crippen LogP contribution in [-0.2, 0) is 16.0 Å². The van der Waals surface area contributed by atoms with Crippen molar-refractivity contribution in [2.24, 2.45) is 0 Å². The first-order valence-electron chi connectivity index (χ1n) is 9.05. The Morgan fingerprint density at radius 1 is 1.27 bits per heavy atom. The molecule has 2 heterocycles. The Hall–Kier alpha value is -2.04. The Morgan fingerprint density at radius 3 is 2.81 bits per heavy atom. The molecule has 1 fully saturated rings. The maximum Gasteiger partial charge on any atom is 0.249 e. The van der Waals surface area contributed by atoms with E-state index in [1.54, 1.807) is 0 Å². The molecular formula is C21H22ClNO3. The van der Waals surface area contributed by atoms with Crippen molar-refractivity contribution in [3.05, 3.63) is 52.5 Å². The minimum Gasteiger partial charge on any atom is -0.487 e. The summed E-state index contributed by atoms with van der Waals surface area (Å²) in [6.07, 6.45) is 2.20. The minimum absolute atomic E-state index is 0.0313. The van der Waals surface area contributed by atoms with E-state index in [1.807, 2.05) is 24.3 Å². The molecule has 0 unspecified atom stereocenters. The summed E-state index contributed by atoms with van der Waals surface area (Å²) < 4.78 is 11.6. The number of hydrogen-bond acceptors (Lipinski definition) is 3. The molecule has 2 atom stereocenters. The maximum absolute atomic E-state index is 12.1. The third-order valence-corrected chi connectivity index (χ3v) is 5.18. The molecular weight excluding hydrogens is 350 g/mol. The molecule has 4 rings (SSSR count). The number of carbonyl (C=O) groups excluding carboxylic acids is 1. The predicted octanol–water partition coefficient (Wildman–Crippen LogP) is 3.91. The van der Waals surface area contributed by atoms with Crippen LogP contribution in [0.25, 0.3) is 11.1 Å². The predicted molar refractivity (Wildman–Crippen MR) is 102 cm³/mol. The van der Waals surface area contributed by atoms with E-state index in [2.05, 4.69) is 24.4 Å². The first-order chi connectivity index (χ1) is 12.6. The smallest absolute Gasteiger partial charge is 0.249 e. The summed E-state index contributed by atoms with van der Waals surface area (Å²) in [5.41, 5.74) is 4.54. The average Bonchev–Trinajstić information content (AvgIpc) is 3.29. The van der Waals surface area contributed by atoms with Gasteiger partial charge < -0.3 is 14.8 Å². The number of halogens is 1. The molecule has 0 radical (unpaired) electrons. The summed E-state index contributed by atoms with van der Waals surface area (Å²) in [4.78, 5) is 12.1. The van der Waals surface area contributed by atoms with Crippen LogP contribution in [0.5, 0.6) is 5.75 Å². The number of rotatable bonds is 4. The normalized spacial score (nSPS) is 21.3. The zero-order valence-corrected chi connectivity index (χ0v) is 15.5. The van der Waals surface area contributed by atoms with Gasteiger partial charge in [0.2, 0.25) is 5.91 Å². The summed E-state index contributed by atoms with van der Waals surface area (Å²) >= 11 is 6.01. The third kappa shape index (κ3) is 3.57. The zero-order valence-electron chi connectivity index (χ0n) is 14.8. The number of ether oxygens (including phenoxy) is 2. The Balaban J connectivity index is 1.48. The molecule has 5 heteroatoms. The number of nitrogens with one attached hydrogen (secondary N) is 1. The van der Waals surface area contributed by atoms with Gasteiger partial charge in [-0.05, 0) is 54.7 Å². The highest BCUT2D eigenvalue weighted by Gasteiger charge is 2.29. The van der Waals surface area contributed by atoms with Crippen molar-refractivity contribution in [1.29, 1.82) is 0 Å². The monoisotopic (exact) mass is 371 g/mol. The van der Waals surface area contributed by atoms with Gasteiger partial charge in [0.05, 0.1) is 6.54 Å². The largest absolute Gasteiger partial charge is 0.487 e. The summed E-state index contributed by atoms with van der Waals surface area (Å²) in [5.74, 6) is 0.880. The van der Waals surface area contributed by atoms with Gasteiger partial charge in [-0.2, -0.15) is 0 Å². The van der Waals surface area contributed by atoms with Crippen LogP contribution in [0.15, 0.2) is 36.4 Å². The van der Waals surface area contributed by atoms with Gasteiger partial charge in [-0.15, -0.1) is 0 Å². The molecule has 0 aliphatic carbocycles. The summed E-state index contributed by atoms with van der Waals surface area (Å²) in [6.45, 7) is 3.26. The lowest BCUT2D eigenvalue weighted by Gasteiger charge is -2.15. The third-order valence-electron chi connectivity index (χ3n) is 4.92. The van der Waals surface area contributed by atoms with Gasteiger partial charge in [0.25, 0.3) is 0 Å². The molecule has 26 heavy (non-hydrogen) atoms. The second-order valence-electron chi connectivity index (χ2n) is 7.00. The van der Waals surface area contributed by atoms with Crippen LogP contribution in [0.2, 0.25) is 5.02 Å². The number of fused-ring (bicyclic) bond motifs is 1. The van der Waals surface area contributed by atoms with Crippen LogP contribution in [0.3, 0.4) is 0 Å². The van der Waals surface area contributed by atoms with Crippen molar-refractivity contribution in [2.45, 2.75) is 38.4 Å². The zero-order chi connectivity index (χ0) is 18.1. The summed E-state index contributed by atoms with van der Waals surface area (Å²) in [5, 5.41) is 3.69. The van der Waals surface area contributed by atoms with E-state index in [0.29, 0.717) is 18.2 Å². The fraction of sp³-hybridized carbons (Fsp3) is 0.381. The molecule has 2 aromatic carbocycles. The number of carbonyl (C=O) groups is 1. The van der Waals surface area contributed by atoms with Crippen LogP contribution < -0.4 is 10.1 Å². The van der Waals surface area contributed by atoms with Crippen molar-refractivity contribution in [3.63, 3.8) is 0 Å². The van der Waals surface area contributed by atoms with E-state index in [-0.39, 0.29) is 18.1 Å². The fourth-order valence-electron chi connectivity index (χ4n) is 3.66. The molecule has 1 N–H and O–H groups in total. The SMILES string of the molecule is Cc1cc2c(c(-c3ccc(Cl)cc3)c1)O[C@H](CNC(=O)[C@@H]1CCCO1)C2. The van der Waals surface area contributed by atoms with Crippen molar-refractivity contribution in [1.82, 2.24) is 5.32 Å². The number of benzene rings is 2. The molecule has 0 aromatic heterocycles. The fourth-order valence-corrected chi connectivity index (χ4v) is 3.79. The van der Waals surface area contributed by atoms with Gasteiger partial charge in [0.1, 0.15) is 18.0 Å². The van der Waals surface area contributed by atoms with E-state index in [1.165, 1.54) is 11.1 Å². The van der Waals surface area contributed by atoms with Gasteiger partial charge in [-0.3, -0.25) is 4.79 Å². The van der Waals surface area contributed by atoms with Crippen molar-refractivity contribution in [2.75, 3.05) is 13.2 Å². The molecule has 2 aromatic rings. The quantitative estimate of drug-likeness (QED) is 0.886. The average molecular weight is 372 g/mol. The molecule has 0 spiro atoms. The number of amides is 1. The Bertz CT molecular complexity index is 813. The molecule has 2 aliphatic rings. The first kappa shape index (κ1) is 17.4. The molecule has 1 amide bonds. The lowest BCUT2D eigenvalue weighted by atomic mass is 9.98. The summed E-state index contributed by atoms with van der Waals surface area (Å²) in [6, 6.07) is 12.1. The van der Waals surface area contributed by atoms with Crippen molar-refractivity contribution in [3.8, 4) is 16.9 Å². The second kappa shape index (κ2) is 7.29. The maximum atomic E-state index is 12.1. The van der Waals surface area contributed by atoms with E-state index in [0.717, 1.165) is 36.1 Å². The van der Waals surface area contributed by atoms with Gasteiger partial charge in [-0.25, -0.2) is 0 Å². The highest BCUT2D eigenvalue weighted by atomic mass is 35.5. The molecule has 1 saturated heterocycles. The Morgan fingerprint density at radius 2 is 2.08 bits per heavy atom.